The van der Waals surface area contributed by atoms with E-state index in [0.717, 1.165) is 33.3 Å². The normalized spacial score (nSPS) is 10.5. The van der Waals surface area contributed by atoms with Crippen molar-refractivity contribution in [2.75, 3.05) is 0 Å². The van der Waals surface area contributed by atoms with Gasteiger partial charge in [0.1, 0.15) is 18.1 Å². The number of pyridine rings is 2. The molecule has 0 aliphatic carbocycles. The third-order valence-corrected chi connectivity index (χ3v) is 4.56. The van der Waals surface area contributed by atoms with Crippen LogP contribution in [0.4, 0.5) is 0 Å². The number of hydrogen-bond donors (Lipinski definition) is 0. The molecule has 132 valence electrons. The quantitative estimate of drug-likeness (QED) is 0.545. The van der Waals surface area contributed by atoms with E-state index >= 15 is 0 Å². The molecule has 0 radical (unpaired) electrons. The summed E-state index contributed by atoms with van der Waals surface area (Å²) in [7, 11) is 0. The van der Waals surface area contributed by atoms with Crippen molar-refractivity contribution in [2.24, 2.45) is 0 Å². The standard InChI is InChI=1S/C21H19BrN2O2/c22-20-14-24-11-9-21(20)26-15-18-5-3-16(4-6-18)12-19(25)8-7-17-2-1-10-23-13-17/h1-6,9-11,13-14H,7-8,12,15H2. The molecule has 5 heteroatoms. The van der Waals surface area contributed by atoms with E-state index in [1.807, 2.05) is 48.7 Å². The van der Waals surface area contributed by atoms with Gasteiger partial charge in [0.15, 0.2) is 0 Å². The number of aromatic nitrogens is 2. The van der Waals surface area contributed by atoms with E-state index in [2.05, 4.69) is 25.9 Å². The molecule has 4 nitrogen and oxygen atoms in total. The molecular weight excluding hydrogens is 392 g/mol. The van der Waals surface area contributed by atoms with Crippen LogP contribution in [0.1, 0.15) is 23.1 Å². The van der Waals surface area contributed by atoms with Gasteiger partial charge in [0.25, 0.3) is 0 Å². The number of ketones is 1. The predicted octanol–water partition coefficient (Wildman–Crippen LogP) is 4.56. The first kappa shape index (κ1) is 18.3. The molecule has 3 rings (SSSR count). The van der Waals surface area contributed by atoms with E-state index in [4.69, 9.17) is 4.74 Å². The Labute approximate surface area is 161 Å². The van der Waals surface area contributed by atoms with Crippen molar-refractivity contribution < 1.29 is 9.53 Å². The number of carbonyl (C=O) groups excluding carboxylic acids is 1. The van der Waals surface area contributed by atoms with Gasteiger partial charge in [-0.2, -0.15) is 0 Å². The van der Waals surface area contributed by atoms with E-state index < -0.39 is 0 Å². The molecule has 0 bridgehead atoms. The van der Waals surface area contributed by atoms with Gasteiger partial charge in [0.05, 0.1) is 4.47 Å². The van der Waals surface area contributed by atoms with Crippen LogP contribution in [0.2, 0.25) is 0 Å². The van der Waals surface area contributed by atoms with Gasteiger partial charge in [0.2, 0.25) is 0 Å². The summed E-state index contributed by atoms with van der Waals surface area (Å²) in [5.74, 6) is 0.994. The number of halogens is 1. The molecule has 0 atom stereocenters. The second-order valence-corrected chi connectivity index (χ2v) is 6.84. The summed E-state index contributed by atoms with van der Waals surface area (Å²) in [4.78, 5) is 20.2. The molecule has 0 aliphatic rings. The highest BCUT2D eigenvalue weighted by Crippen LogP contribution is 2.23. The first-order chi connectivity index (χ1) is 12.7. The molecule has 2 aromatic heterocycles. The van der Waals surface area contributed by atoms with Crippen molar-refractivity contribution in [2.45, 2.75) is 25.9 Å². The molecule has 0 saturated carbocycles. The highest BCUT2D eigenvalue weighted by Gasteiger charge is 2.06. The summed E-state index contributed by atoms with van der Waals surface area (Å²) in [5, 5.41) is 0. The Morgan fingerprint density at radius 3 is 2.42 bits per heavy atom. The van der Waals surface area contributed by atoms with Crippen LogP contribution in [0.15, 0.2) is 71.7 Å². The minimum absolute atomic E-state index is 0.235. The second-order valence-electron chi connectivity index (χ2n) is 5.99. The van der Waals surface area contributed by atoms with Crippen molar-refractivity contribution in [3.63, 3.8) is 0 Å². The second kappa shape index (κ2) is 9.25. The van der Waals surface area contributed by atoms with Crippen molar-refractivity contribution in [1.29, 1.82) is 0 Å². The van der Waals surface area contributed by atoms with E-state index in [1.54, 1.807) is 18.6 Å². The van der Waals surface area contributed by atoms with Crippen LogP contribution in [0.5, 0.6) is 5.75 Å². The van der Waals surface area contributed by atoms with Crippen molar-refractivity contribution in [3.05, 3.63) is 88.4 Å². The third-order valence-electron chi connectivity index (χ3n) is 3.97. The maximum absolute atomic E-state index is 12.2. The first-order valence-corrected chi connectivity index (χ1v) is 9.21. The minimum atomic E-state index is 0.235. The van der Waals surface area contributed by atoms with Crippen LogP contribution in [0.25, 0.3) is 0 Å². The average Bonchev–Trinajstić information content (AvgIpc) is 2.68. The lowest BCUT2D eigenvalue weighted by Gasteiger charge is -2.08. The maximum atomic E-state index is 12.2. The zero-order valence-corrected chi connectivity index (χ0v) is 15.9. The molecule has 3 aromatic rings. The Bertz CT molecular complexity index is 851. The number of carbonyl (C=O) groups is 1. The molecule has 0 spiro atoms. The summed E-state index contributed by atoms with van der Waals surface area (Å²) < 4.78 is 6.60. The Kier molecular flexibility index (Phi) is 6.50. The number of Topliss-reactive ketones (excluding diaryl/α,β-unsaturated/α-hetero) is 1. The lowest BCUT2D eigenvalue weighted by Crippen LogP contribution is -2.05. The van der Waals surface area contributed by atoms with Gasteiger partial charge in [-0.15, -0.1) is 0 Å². The van der Waals surface area contributed by atoms with Crippen LogP contribution >= 0.6 is 15.9 Å². The summed E-state index contributed by atoms with van der Waals surface area (Å²) in [6.07, 6.45) is 8.67. The van der Waals surface area contributed by atoms with E-state index in [9.17, 15) is 4.79 Å². The van der Waals surface area contributed by atoms with E-state index in [0.29, 0.717) is 19.4 Å². The smallest absolute Gasteiger partial charge is 0.137 e. The molecule has 26 heavy (non-hydrogen) atoms. The minimum Gasteiger partial charge on any atom is -0.488 e. The monoisotopic (exact) mass is 410 g/mol. The fourth-order valence-electron chi connectivity index (χ4n) is 2.54. The highest BCUT2D eigenvalue weighted by atomic mass is 79.9. The highest BCUT2D eigenvalue weighted by molar-refractivity contribution is 9.10. The lowest BCUT2D eigenvalue weighted by atomic mass is 10.0. The number of aryl methyl sites for hydroxylation is 1. The van der Waals surface area contributed by atoms with Gasteiger partial charge in [-0.25, -0.2) is 0 Å². The van der Waals surface area contributed by atoms with Crippen molar-refractivity contribution in [3.8, 4) is 5.75 Å². The lowest BCUT2D eigenvalue weighted by molar-refractivity contribution is -0.118. The molecule has 0 saturated heterocycles. The van der Waals surface area contributed by atoms with Crippen LogP contribution in [0.3, 0.4) is 0 Å². The Morgan fingerprint density at radius 2 is 1.69 bits per heavy atom. The van der Waals surface area contributed by atoms with Gasteiger partial charge >= 0.3 is 0 Å². The van der Waals surface area contributed by atoms with Crippen molar-refractivity contribution in [1.82, 2.24) is 9.97 Å². The fraction of sp³-hybridized carbons (Fsp3) is 0.190. The maximum Gasteiger partial charge on any atom is 0.137 e. The SMILES string of the molecule is O=C(CCc1cccnc1)Cc1ccc(COc2ccncc2Br)cc1. The molecule has 1 aromatic carbocycles. The number of rotatable bonds is 8. The molecule has 0 unspecified atom stereocenters. The number of ether oxygens (including phenoxy) is 1. The fourth-order valence-corrected chi connectivity index (χ4v) is 2.90. The molecule has 0 fully saturated rings. The van der Waals surface area contributed by atoms with Crippen LogP contribution in [0, 0.1) is 0 Å². The topological polar surface area (TPSA) is 52.1 Å². The Balaban J connectivity index is 1.48. The van der Waals surface area contributed by atoms with E-state index in [-0.39, 0.29) is 5.78 Å². The summed E-state index contributed by atoms with van der Waals surface area (Å²) in [5.41, 5.74) is 3.17. The van der Waals surface area contributed by atoms with Gasteiger partial charge < -0.3 is 4.74 Å². The molecule has 0 aliphatic heterocycles. The summed E-state index contributed by atoms with van der Waals surface area (Å²) in [6.45, 7) is 0.470. The Morgan fingerprint density at radius 1 is 0.923 bits per heavy atom. The zero-order valence-electron chi connectivity index (χ0n) is 14.3. The molecule has 2 heterocycles. The van der Waals surface area contributed by atoms with Crippen LogP contribution in [-0.4, -0.2) is 15.8 Å². The van der Waals surface area contributed by atoms with Gasteiger partial charge in [-0.05, 0) is 51.2 Å². The largest absolute Gasteiger partial charge is 0.488 e. The zero-order chi connectivity index (χ0) is 18.2. The third kappa shape index (κ3) is 5.49. The Hall–Kier alpha value is -2.53. The van der Waals surface area contributed by atoms with Crippen LogP contribution in [-0.2, 0) is 24.2 Å². The van der Waals surface area contributed by atoms with E-state index in [1.165, 1.54) is 0 Å². The first-order valence-electron chi connectivity index (χ1n) is 8.41. The van der Waals surface area contributed by atoms with Gasteiger partial charge in [0, 0.05) is 37.6 Å². The number of hydrogen-bond acceptors (Lipinski definition) is 4. The van der Waals surface area contributed by atoms with Gasteiger partial charge in [-0.1, -0.05) is 30.3 Å². The molecule has 0 N–H and O–H groups in total. The number of nitrogens with zero attached hydrogens (tertiary/aromatic N) is 2. The van der Waals surface area contributed by atoms with Crippen molar-refractivity contribution >= 4 is 21.7 Å². The summed E-state index contributed by atoms with van der Waals surface area (Å²) >= 11 is 3.41. The predicted molar refractivity (Wildman–Crippen MR) is 104 cm³/mol. The van der Waals surface area contributed by atoms with Crippen LogP contribution < -0.4 is 4.74 Å². The molecular formula is C21H19BrN2O2. The average molecular weight is 411 g/mol. The van der Waals surface area contributed by atoms with Gasteiger partial charge in [-0.3, -0.25) is 14.8 Å². The summed E-state index contributed by atoms with van der Waals surface area (Å²) in [6, 6.07) is 13.7. The molecule has 0 amide bonds. The number of benzene rings is 1.